The molecule has 0 aromatic heterocycles. The highest BCUT2D eigenvalue weighted by atomic mass is 14.4. The number of hydrogen-bond acceptors (Lipinski definition) is 0. The summed E-state index contributed by atoms with van der Waals surface area (Å²) in [5, 5.41) is 0.790. The van der Waals surface area contributed by atoms with Crippen LogP contribution in [0, 0.1) is 5.92 Å². The van der Waals surface area contributed by atoms with E-state index in [9.17, 15) is 0 Å². The zero-order chi connectivity index (χ0) is 10.6. The van der Waals surface area contributed by atoms with Gasteiger partial charge in [0.05, 0.1) is 0 Å². The van der Waals surface area contributed by atoms with Gasteiger partial charge in [-0.05, 0) is 5.92 Å². The summed E-state index contributed by atoms with van der Waals surface area (Å²) in [7, 11) is 1.54. The lowest BCUT2D eigenvalue weighted by Crippen LogP contribution is -2.00. The van der Waals surface area contributed by atoms with Crippen LogP contribution in [0.3, 0.4) is 0 Å². The average molecular weight is 194 g/mol. The Kier molecular flexibility index (Phi) is 4.54. The summed E-state index contributed by atoms with van der Waals surface area (Å²) < 4.78 is 0. The van der Waals surface area contributed by atoms with E-state index in [1.165, 1.54) is 45.8 Å². The highest BCUT2D eigenvalue weighted by molar-refractivity contribution is 6.57. The van der Waals surface area contributed by atoms with Gasteiger partial charge in [0.25, 0.3) is 0 Å². The molecule has 0 bridgehead atoms. The first-order valence-corrected chi connectivity index (χ1v) is 6.70. The molecule has 1 fully saturated rings. The van der Waals surface area contributed by atoms with Gasteiger partial charge in [-0.25, -0.2) is 0 Å². The van der Waals surface area contributed by atoms with Crippen LogP contribution in [0.25, 0.3) is 0 Å². The molecule has 1 aliphatic rings. The normalized spacial score (nSPS) is 25.6. The van der Waals surface area contributed by atoms with Gasteiger partial charge in [-0.3, -0.25) is 0 Å². The molecule has 82 valence electrons. The molecule has 2 unspecified atom stereocenters. The zero-order valence-corrected chi connectivity index (χ0v) is 10.6. The second-order valence-corrected chi connectivity index (χ2v) is 5.44. The first kappa shape index (κ1) is 12.1. The Morgan fingerprint density at radius 2 is 1.64 bits per heavy atom. The summed E-state index contributed by atoms with van der Waals surface area (Å²) in [5.74, 6) is 2.06. The van der Waals surface area contributed by atoms with Gasteiger partial charge in [0, 0.05) is 0 Å². The van der Waals surface area contributed by atoms with Crippen LogP contribution in [0.2, 0.25) is 11.1 Å². The van der Waals surface area contributed by atoms with Crippen LogP contribution in [0.1, 0.15) is 66.2 Å². The number of rotatable bonds is 7. The third-order valence-corrected chi connectivity index (χ3v) is 4.18. The summed E-state index contributed by atoms with van der Waals surface area (Å²) >= 11 is 0. The molecule has 0 radical (unpaired) electrons. The fourth-order valence-electron chi connectivity index (χ4n) is 3.54. The quantitative estimate of drug-likeness (QED) is 0.526. The molecule has 0 aliphatic carbocycles. The Labute approximate surface area is 91.1 Å². The van der Waals surface area contributed by atoms with Crippen LogP contribution in [0.4, 0.5) is 0 Å². The second-order valence-electron chi connectivity index (χ2n) is 5.44. The lowest BCUT2D eigenvalue weighted by molar-refractivity contribution is 0.419. The van der Waals surface area contributed by atoms with Crippen LogP contribution >= 0.6 is 0 Å². The zero-order valence-electron chi connectivity index (χ0n) is 10.6. The SMILES string of the molecule is CCCC(C)C1BC1(CCC)CCC. The van der Waals surface area contributed by atoms with Gasteiger partial charge >= 0.3 is 0 Å². The predicted molar refractivity (Wildman–Crippen MR) is 67.5 cm³/mol. The lowest BCUT2D eigenvalue weighted by Gasteiger charge is -2.20. The van der Waals surface area contributed by atoms with Gasteiger partial charge in [-0.15, -0.1) is 0 Å². The van der Waals surface area contributed by atoms with Gasteiger partial charge in [0.2, 0.25) is 0 Å². The van der Waals surface area contributed by atoms with Crippen molar-refractivity contribution in [3.05, 3.63) is 0 Å². The minimum Gasteiger partial charge on any atom is -0.0654 e. The molecule has 2 atom stereocenters. The van der Waals surface area contributed by atoms with E-state index in [-0.39, 0.29) is 0 Å². The Morgan fingerprint density at radius 1 is 1.07 bits per heavy atom. The molecule has 0 aromatic rings. The lowest BCUT2D eigenvalue weighted by atomic mass is 9.80. The molecule has 0 saturated carbocycles. The van der Waals surface area contributed by atoms with E-state index in [1.54, 1.807) is 0 Å². The van der Waals surface area contributed by atoms with Crippen LogP contribution in [0.15, 0.2) is 0 Å². The molecule has 0 spiro atoms. The van der Waals surface area contributed by atoms with Crippen molar-refractivity contribution in [1.29, 1.82) is 0 Å². The van der Waals surface area contributed by atoms with Gasteiger partial charge in [-0.1, -0.05) is 77.4 Å². The summed E-state index contributed by atoms with van der Waals surface area (Å²) in [4.78, 5) is 0. The molecule has 1 heteroatoms. The maximum Gasteiger partial charge on any atom is 0.131 e. The average Bonchev–Trinajstić information content (AvgIpc) is 2.81. The summed E-state index contributed by atoms with van der Waals surface area (Å²) in [6, 6.07) is 0. The second kappa shape index (κ2) is 5.23. The third-order valence-electron chi connectivity index (χ3n) is 4.18. The Bertz CT molecular complexity index is 159. The summed E-state index contributed by atoms with van der Waals surface area (Å²) in [6.07, 6.45) is 8.55. The highest BCUT2D eigenvalue weighted by Gasteiger charge is 2.54. The van der Waals surface area contributed by atoms with Crippen molar-refractivity contribution in [2.24, 2.45) is 5.92 Å². The molecular weight excluding hydrogens is 167 g/mol. The van der Waals surface area contributed by atoms with Crippen LogP contribution in [-0.4, -0.2) is 7.28 Å². The first-order chi connectivity index (χ1) is 6.70. The Morgan fingerprint density at radius 3 is 2.07 bits per heavy atom. The number of hydrogen-bond donors (Lipinski definition) is 0. The molecule has 1 saturated heterocycles. The molecule has 0 N–H and O–H groups in total. The van der Waals surface area contributed by atoms with Crippen molar-refractivity contribution in [2.75, 3.05) is 0 Å². The molecule has 1 rings (SSSR count). The van der Waals surface area contributed by atoms with Crippen LogP contribution in [-0.2, 0) is 0 Å². The largest absolute Gasteiger partial charge is 0.131 e. The van der Waals surface area contributed by atoms with Gasteiger partial charge in [-0.2, -0.15) is 0 Å². The third kappa shape index (κ3) is 2.55. The molecule has 1 heterocycles. The first-order valence-electron chi connectivity index (χ1n) is 6.70. The monoisotopic (exact) mass is 194 g/mol. The summed E-state index contributed by atoms with van der Waals surface area (Å²) in [6.45, 7) is 9.48. The molecule has 0 amide bonds. The van der Waals surface area contributed by atoms with Gasteiger partial charge in [0.15, 0.2) is 0 Å². The highest BCUT2D eigenvalue weighted by Crippen LogP contribution is 2.67. The van der Waals surface area contributed by atoms with Crippen molar-refractivity contribution in [3.63, 3.8) is 0 Å². The minimum absolute atomic E-state index is 0.790. The molecule has 14 heavy (non-hydrogen) atoms. The predicted octanol–water partition coefficient (Wildman–Crippen LogP) is 4.42. The van der Waals surface area contributed by atoms with E-state index in [4.69, 9.17) is 0 Å². The van der Waals surface area contributed by atoms with Crippen molar-refractivity contribution in [3.8, 4) is 0 Å². The van der Waals surface area contributed by atoms with E-state index in [1.807, 2.05) is 0 Å². The van der Waals surface area contributed by atoms with Gasteiger partial charge in [0.1, 0.15) is 7.28 Å². The maximum absolute atomic E-state index is 2.47. The van der Waals surface area contributed by atoms with E-state index in [2.05, 4.69) is 27.7 Å². The Balaban J connectivity index is 2.42. The molecule has 0 nitrogen and oxygen atoms in total. The van der Waals surface area contributed by atoms with E-state index >= 15 is 0 Å². The van der Waals surface area contributed by atoms with Gasteiger partial charge < -0.3 is 0 Å². The van der Waals surface area contributed by atoms with E-state index < -0.39 is 0 Å². The van der Waals surface area contributed by atoms with Crippen molar-refractivity contribution in [1.82, 2.24) is 0 Å². The van der Waals surface area contributed by atoms with E-state index in [0.29, 0.717) is 0 Å². The fourth-order valence-corrected chi connectivity index (χ4v) is 3.54. The summed E-state index contributed by atoms with van der Waals surface area (Å²) in [5.41, 5.74) is 0. The van der Waals surface area contributed by atoms with Crippen molar-refractivity contribution >= 4 is 7.28 Å². The minimum atomic E-state index is 0.790. The Hall–Kier alpha value is 0.0649. The fraction of sp³-hybridized carbons (Fsp3) is 1.00. The van der Waals surface area contributed by atoms with Crippen molar-refractivity contribution < 1.29 is 0 Å². The van der Waals surface area contributed by atoms with Crippen molar-refractivity contribution in [2.45, 2.75) is 77.4 Å². The molecular formula is C13H27B. The maximum atomic E-state index is 2.47. The van der Waals surface area contributed by atoms with Crippen LogP contribution in [0.5, 0.6) is 0 Å². The smallest absolute Gasteiger partial charge is 0.0654 e. The van der Waals surface area contributed by atoms with Crippen LogP contribution < -0.4 is 0 Å². The van der Waals surface area contributed by atoms with E-state index in [0.717, 1.165) is 17.0 Å². The standard InChI is InChI=1S/C13H27B/c1-5-8-11(4)12-13(14-12,9-6-2)10-7-3/h11-12,14H,5-10H2,1-4H3. The topological polar surface area (TPSA) is 0 Å². The molecule has 1 aliphatic heterocycles. The molecule has 0 aromatic carbocycles.